The number of nitrogens with one attached hydrogen (secondary N) is 1. The fourth-order valence-corrected chi connectivity index (χ4v) is 6.44. The number of amides is 1. The molecule has 0 spiro atoms. The second kappa shape index (κ2) is 40.0. The lowest BCUT2D eigenvalue weighted by atomic mass is 10.0. The van der Waals surface area contributed by atoms with Crippen molar-refractivity contribution in [1.82, 2.24) is 5.32 Å². The van der Waals surface area contributed by atoms with Gasteiger partial charge in [0.2, 0.25) is 5.91 Å². The minimum Gasteiger partial charge on any atom is -0.462 e. The Kier molecular flexibility index (Phi) is 38.3. The maximum atomic E-state index is 13.1. The Balaban J connectivity index is 4.58. The number of carbonyl (C=O) groups is 2. The van der Waals surface area contributed by atoms with Gasteiger partial charge in [-0.3, -0.25) is 9.59 Å². The number of unbranched alkanes of at least 4 members (excludes halogenated alkanes) is 21. The lowest BCUT2D eigenvalue weighted by molar-refractivity contribution is -0.151. The van der Waals surface area contributed by atoms with Crippen molar-refractivity contribution in [1.29, 1.82) is 0 Å². The maximum absolute atomic E-state index is 13.1. The first kappa shape index (κ1) is 49.8. The van der Waals surface area contributed by atoms with Gasteiger partial charge in [-0.15, -0.1) is 0 Å². The van der Waals surface area contributed by atoms with Crippen molar-refractivity contribution in [2.45, 2.75) is 225 Å². The molecule has 0 aromatic carbocycles. The summed E-state index contributed by atoms with van der Waals surface area (Å²) in [5.74, 6) is -0.504. The Hall–Kier alpha value is -2.18. The van der Waals surface area contributed by atoms with Crippen LogP contribution in [0.3, 0.4) is 0 Å². The van der Waals surface area contributed by atoms with Gasteiger partial charge < -0.3 is 20.3 Å². The predicted octanol–water partition coefficient (Wildman–Crippen LogP) is 12.3. The van der Waals surface area contributed by atoms with Crippen LogP contribution >= 0.6 is 0 Å². The van der Waals surface area contributed by atoms with E-state index in [1.807, 2.05) is 18.2 Å². The van der Waals surface area contributed by atoms with Crippen LogP contribution in [0.25, 0.3) is 0 Å². The SMILES string of the molecule is CC/C=C/C=C/C=C/C=C\CCCCCCCC(=O)OC(CCCCCCCCCCC)CC(=O)NC(CO)C(O)CCCCCCCCCCC. The van der Waals surface area contributed by atoms with Crippen molar-refractivity contribution in [3.8, 4) is 0 Å². The van der Waals surface area contributed by atoms with Crippen LogP contribution in [-0.2, 0) is 14.3 Å². The number of hydrogen-bond donors (Lipinski definition) is 3. The van der Waals surface area contributed by atoms with Gasteiger partial charge >= 0.3 is 5.97 Å². The third-order valence-electron chi connectivity index (χ3n) is 9.77. The van der Waals surface area contributed by atoms with Crippen LogP contribution in [0.2, 0.25) is 0 Å². The molecule has 3 unspecified atom stereocenters. The molecule has 3 N–H and O–H groups in total. The van der Waals surface area contributed by atoms with Crippen LogP contribution in [0.4, 0.5) is 0 Å². The summed E-state index contributed by atoms with van der Waals surface area (Å²) in [5, 5.41) is 23.5. The highest BCUT2D eigenvalue weighted by molar-refractivity contribution is 5.77. The van der Waals surface area contributed by atoms with Gasteiger partial charge in [-0.1, -0.05) is 198 Å². The van der Waals surface area contributed by atoms with Gasteiger partial charge in [-0.05, 0) is 44.9 Å². The first-order chi connectivity index (χ1) is 25.5. The molecule has 0 aromatic heterocycles. The summed E-state index contributed by atoms with van der Waals surface area (Å²) in [7, 11) is 0. The van der Waals surface area contributed by atoms with E-state index >= 15 is 0 Å². The average Bonchev–Trinajstić information content (AvgIpc) is 3.13. The summed E-state index contributed by atoms with van der Waals surface area (Å²) in [6.07, 6.45) is 46.0. The highest BCUT2D eigenvalue weighted by atomic mass is 16.5. The highest BCUT2D eigenvalue weighted by Gasteiger charge is 2.24. The Morgan fingerprint density at radius 3 is 1.58 bits per heavy atom. The predicted molar refractivity (Wildman–Crippen MR) is 222 cm³/mol. The smallest absolute Gasteiger partial charge is 0.306 e. The molecule has 3 atom stereocenters. The molecule has 6 heteroatoms. The Morgan fingerprint density at radius 2 is 1.04 bits per heavy atom. The minimum atomic E-state index is -0.787. The van der Waals surface area contributed by atoms with Crippen molar-refractivity contribution < 1.29 is 24.5 Å². The van der Waals surface area contributed by atoms with Crippen molar-refractivity contribution >= 4 is 11.9 Å². The molecule has 0 bridgehead atoms. The van der Waals surface area contributed by atoms with E-state index in [1.54, 1.807) is 0 Å². The first-order valence-electron chi connectivity index (χ1n) is 21.9. The summed E-state index contributed by atoms with van der Waals surface area (Å²) in [6, 6.07) is -0.701. The number of allylic oxidation sites excluding steroid dienone is 8. The molecule has 0 saturated carbocycles. The van der Waals surface area contributed by atoms with Crippen molar-refractivity contribution in [3.63, 3.8) is 0 Å². The maximum Gasteiger partial charge on any atom is 0.306 e. The van der Waals surface area contributed by atoms with Crippen molar-refractivity contribution in [2.24, 2.45) is 0 Å². The Labute approximate surface area is 321 Å². The summed E-state index contributed by atoms with van der Waals surface area (Å²) in [4.78, 5) is 25.9. The molecule has 1 amide bonds. The second-order valence-corrected chi connectivity index (χ2v) is 14.8. The zero-order chi connectivity index (χ0) is 38.2. The molecule has 0 aromatic rings. The molecular weight excluding hydrogens is 647 g/mol. The van der Waals surface area contributed by atoms with Crippen LogP contribution < -0.4 is 5.32 Å². The van der Waals surface area contributed by atoms with Crippen molar-refractivity contribution in [3.05, 3.63) is 48.6 Å². The molecule has 0 rings (SSSR count). The summed E-state index contributed by atoms with van der Waals surface area (Å²) < 4.78 is 5.87. The Bertz CT molecular complexity index is 910. The number of hydrogen-bond acceptors (Lipinski definition) is 5. The van der Waals surface area contributed by atoms with E-state index in [4.69, 9.17) is 4.74 Å². The number of esters is 1. The third-order valence-corrected chi connectivity index (χ3v) is 9.77. The van der Waals surface area contributed by atoms with Crippen LogP contribution in [0.15, 0.2) is 48.6 Å². The van der Waals surface area contributed by atoms with Gasteiger partial charge in [0.25, 0.3) is 0 Å². The number of aliphatic hydroxyl groups is 2. The Morgan fingerprint density at radius 1 is 0.577 bits per heavy atom. The second-order valence-electron chi connectivity index (χ2n) is 14.8. The molecule has 6 nitrogen and oxygen atoms in total. The zero-order valence-electron chi connectivity index (χ0n) is 34.2. The van der Waals surface area contributed by atoms with Crippen LogP contribution in [0.5, 0.6) is 0 Å². The summed E-state index contributed by atoms with van der Waals surface area (Å²) in [5.41, 5.74) is 0. The van der Waals surface area contributed by atoms with Gasteiger partial charge in [0.05, 0.1) is 25.2 Å². The molecule has 0 aliphatic rings. The van der Waals surface area contributed by atoms with Gasteiger partial charge in [0, 0.05) is 6.42 Å². The van der Waals surface area contributed by atoms with Gasteiger partial charge in [0.15, 0.2) is 0 Å². The largest absolute Gasteiger partial charge is 0.462 e. The molecule has 0 radical (unpaired) electrons. The molecule has 52 heavy (non-hydrogen) atoms. The average molecular weight is 730 g/mol. The molecular formula is C46H83NO5. The number of carbonyl (C=O) groups excluding carboxylic acids is 2. The van der Waals surface area contributed by atoms with Crippen LogP contribution in [0, 0.1) is 0 Å². The highest BCUT2D eigenvalue weighted by Crippen LogP contribution is 2.17. The van der Waals surface area contributed by atoms with E-state index in [-0.39, 0.29) is 24.9 Å². The summed E-state index contributed by atoms with van der Waals surface area (Å²) in [6.45, 7) is 6.29. The zero-order valence-corrected chi connectivity index (χ0v) is 34.2. The van der Waals surface area contributed by atoms with E-state index in [0.29, 0.717) is 19.3 Å². The lowest BCUT2D eigenvalue weighted by Crippen LogP contribution is -2.46. The summed E-state index contributed by atoms with van der Waals surface area (Å²) >= 11 is 0. The van der Waals surface area contributed by atoms with E-state index in [9.17, 15) is 19.8 Å². The lowest BCUT2D eigenvalue weighted by Gasteiger charge is -2.24. The number of aliphatic hydroxyl groups excluding tert-OH is 2. The molecule has 0 aliphatic carbocycles. The number of ether oxygens (including phenoxy) is 1. The topological polar surface area (TPSA) is 95.9 Å². The van der Waals surface area contributed by atoms with Gasteiger partial charge in [-0.2, -0.15) is 0 Å². The van der Waals surface area contributed by atoms with E-state index in [1.165, 1.54) is 77.0 Å². The first-order valence-corrected chi connectivity index (χ1v) is 21.9. The van der Waals surface area contributed by atoms with E-state index in [0.717, 1.165) is 83.5 Å². The standard InChI is InChI=1S/C46H83NO5/c1-4-7-10-13-16-19-20-21-22-23-24-27-30-33-36-39-46(51)52-42(37-34-31-28-25-17-14-11-8-5-2)40-45(50)47-43(41-48)44(49)38-35-32-29-26-18-15-12-9-6-3/h7,10,13,16,19-22,42-44,48-49H,4-6,8-9,11-12,14-15,17-18,23-41H2,1-3H3,(H,47,50)/b10-7+,16-13+,20-19+,22-21-. The normalized spacial score (nSPS) is 13.9. The molecule has 0 fully saturated rings. The fraction of sp³-hybridized carbons (Fsp3) is 0.783. The third kappa shape index (κ3) is 34.9. The van der Waals surface area contributed by atoms with Crippen molar-refractivity contribution in [2.75, 3.05) is 6.61 Å². The number of rotatable bonds is 38. The van der Waals surface area contributed by atoms with Gasteiger partial charge in [-0.25, -0.2) is 0 Å². The van der Waals surface area contributed by atoms with Crippen LogP contribution in [0.1, 0.15) is 207 Å². The van der Waals surface area contributed by atoms with Crippen LogP contribution in [-0.4, -0.2) is 46.9 Å². The molecule has 0 aliphatic heterocycles. The quantitative estimate of drug-likeness (QED) is 0.0334. The monoisotopic (exact) mass is 730 g/mol. The molecule has 302 valence electrons. The molecule has 0 saturated heterocycles. The molecule has 0 heterocycles. The van der Waals surface area contributed by atoms with E-state index < -0.39 is 18.2 Å². The van der Waals surface area contributed by atoms with Gasteiger partial charge in [0.1, 0.15) is 6.10 Å². The van der Waals surface area contributed by atoms with E-state index in [2.05, 4.69) is 56.5 Å². The minimum absolute atomic E-state index is 0.0684. The fourth-order valence-electron chi connectivity index (χ4n) is 6.44.